The number of carbonyl (C=O) groups is 5. The maximum atomic E-state index is 14.7. The van der Waals surface area contributed by atoms with E-state index in [-0.39, 0.29) is 87.0 Å². The molecule has 2 fully saturated rings. The van der Waals surface area contributed by atoms with Gasteiger partial charge in [0.2, 0.25) is 11.8 Å². The number of hydrazine groups is 1. The van der Waals surface area contributed by atoms with E-state index in [4.69, 9.17) is 13.9 Å². The average molecular weight is 992 g/mol. The lowest BCUT2D eigenvalue weighted by molar-refractivity contribution is -0.155. The number of carbonyl (C=O) groups excluding carboxylic acids is 5. The fourth-order valence-electron chi connectivity index (χ4n) is 9.97. The van der Waals surface area contributed by atoms with Gasteiger partial charge in [0.15, 0.2) is 11.7 Å². The van der Waals surface area contributed by atoms with Gasteiger partial charge < -0.3 is 43.6 Å². The summed E-state index contributed by atoms with van der Waals surface area (Å²) in [5, 5.41) is 14.2. The molecule has 0 saturated carbocycles. The maximum Gasteiger partial charge on any atom is 0.406 e. The van der Waals surface area contributed by atoms with Crippen molar-refractivity contribution in [1.82, 2.24) is 45.0 Å². The van der Waals surface area contributed by atoms with Gasteiger partial charge in [-0.15, -0.1) is 0 Å². The molecule has 5 atom stereocenters. The summed E-state index contributed by atoms with van der Waals surface area (Å²) in [6.07, 6.45) is 0.0361. The molecule has 0 unspecified atom stereocenters. The molecule has 5 amide bonds. The van der Waals surface area contributed by atoms with E-state index < -0.39 is 72.1 Å². The number of cyclic esters (lactones) is 1. The third-order valence-electron chi connectivity index (χ3n) is 13.5. The number of aliphatic hydroxyl groups excluding tert-OH is 1. The molecule has 21 heteroatoms. The molecule has 2 saturated heterocycles. The SMILES string of the molecule is C=CC(=O)N(CCO)[C@H]1CCN(C(=O)N(C)[C@H](C(=O)N[C@H]2Cc3ncc(o3)-c3ccc4c(c3)c(c(-c3cccnc3[C@H](C)OC)n4CC(F)(F)F)CC(C)(C)COC(=O)[C@@H]3CCCN(N3)C2=O)C(C)C)C1. The molecule has 384 valence electrons. The number of aromatic nitrogens is 3. The lowest BCUT2D eigenvalue weighted by Crippen LogP contribution is -2.62. The van der Waals surface area contributed by atoms with Gasteiger partial charge in [0.25, 0.3) is 5.91 Å². The highest BCUT2D eigenvalue weighted by molar-refractivity contribution is 5.95. The number of rotatable bonds is 12. The second-order valence-corrected chi connectivity index (χ2v) is 19.7. The van der Waals surface area contributed by atoms with Crippen molar-refractivity contribution in [2.75, 3.05) is 53.6 Å². The predicted molar refractivity (Wildman–Crippen MR) is 255 cm³/mol. The van der Waals surface area contributed by atoms with Gasteiger partial charge in [-0.3, -0.25) is 29.2 Å². The van der Waals surface area contributed by atoms with Crippen LogP contribution in [0.1, 0.15) is 77.1 Å². The first-order chi connectivity index (χ1) is 33.6. The van der Waals surface area contributed by atoms with E-state index in [0.29, 0.717) is 47.0 Å². The number of pyridine rings is 1. The zero-order valence-electron chi connectivity index (χ0n) is 41.3. The van der Waals surface area contributed by atoms with Gasteiger partial charge in [-0.1, -0.05) is 34.3 Å². The Kier molecular flexibility index (Phi) is 16.0. The number of likely N-dealkylation sites (tertiary alicyclic amines) is 1. The van der Waals surface area contributed by atoms with Crippen molar-refractivity contribution in [3.8, 4) is 22.6 Å². The van der Waals surface area contributed by atoms with Crippen molar-refractivity contribution in [3.05, 3.63) is 72.5 Å². The van der Waals surface area contributed by atoms with Crippen LogP contribution in [0.2, 0.25) is 0 Å². The van der Waals surface area contributed by atoms with Crippen LogP contribution in [0, 0.1) is 11.3 Å². The van der Waals surface area contributed by atoms with Gasteiger partial charge in [-0.25, -0.2) is 15.2 Å². The molecular weight excluding hydrogens is 928 g/mol. The Morgan fingerprint density at radius 1 is 1.13 bits per heavy atom. The van der Waals surface area contributed by atoms with Crippen LogP contribution >= 0.6 is 0 Å². The zero-order chi connectivity index (χ0) is 51.5. The third-order valence-corrected chi connectivity index (χ3v) is 13.5. The van der Waals surface area contributed by atoms with E-state index in [1.54, 1.807) is 57.3 Å². The molecule has 1 aromatic carbocycles. The summed E-state index contributed by atoms with van der Waals surface area (Å²) >= 11 is 0. The van der Waals surface area contributed by atoms with Crippen LogP contribution in [0.5, 0.6) is 0 Å². The molecule has 71 heavy (non-hydrogen) atoms. The number of aliphatic hydroxyl groups is 1. The molecule has 4 aromatic rings. The number of ether oxygens (including phenoxy) is 2. The van der Waals surface area contributed by atoms with Crippen LogP contribution in [0.15, 0.2) is 59.8 Å². The van der Waals surface area contributed by atoms with E-state index in [1.165, 1.54) is 44.6 Å². The van der Waals surface area contributed by atoms with Gasteiger partial charge in [-0.2, -0.15) is 13.2 Å². The largest absolute Gasteiger partial charge is 0.464 e. The van der Waals surface area contributed by atoms with Crippen molar-refractivity contribution in [3.63, 3.8) is 0 Å². The van der Waals surface area contributed by atoms with Gasteiger partial charge in [0.1, 0.15) is 24.7 Å². The number of esters is 1. The highest BCUT2D eigenvalue weighted by atomic mass is 19.4. The van der Waals surface area contributed by atoms with Crippen molar-refractivity contribution >= 4 is 40.6 Å². The lowest BCUT2D eigenvalue weighted by atomic mass is 9.84. The summed E-state index contributed by atoms with van der Waals surface area (Å²) in [7, 11) is 2.99. The highest BCUT2D eigenvalue weighted by Crippen LogP contribution is 2.43. The number of methoxy groups -OCH3 is 1. The minimum Gasteiger partial charge on any atom is -0.464 e. The number of fused-ring (bicyclic) bond motifs is 6. The summed E-state index contributed by atoms with van der Waals surface area (Å²) in [6, 6.07) is 4.13. The third kappa shape index (κ3) is 11.6. The van der Waals surface area contributed by atoms with Crippen LogP contribution in [-0.2, 0) is 48.0 Å². The van der Waals surface area contributed by atoms with Crippen LogP contribution in [0.25, 0.3) is 33.5 Å². The average Bonchev–Trinajstić information content (AvgIpc) is 4.09. The van der Waals surface area contributed by atoms with Crippen molar-refractivity contribution < 1.29 is 56.1 Å². The monoisotopic (exact) mass is 991 g/mol. The molecule has 6 bridgehead atoms. The van der Waals surface area contributed by atoms with Crippen LogP contribution in [-0.4, -0.2) is 153 Å². The smallest absolute Gasteiger partial charge is 0.406 e. The van der Waals surface area contributed by atoms with Gasteiger partial charge in [0, 0.05) is 74.0 Å². The molecule has 0 aliphatic carbocycles. The van der Waals surface area contributed by atoms with Crippen molar-refractivity contribution in [1.29, 1.82) is 0 Å². The number of hydrogen-bond acceptors (Lipinski definition) is 12. The maximum absolute atomic E-state index is 14.7. The molecule has 18 nitrogen and oxygen atoms in total. The fraction of sp³-hybridized carbons (Fsp3) is 0.540. The molecule has 3 aromatic heterocycles. The first-order valence-corrected chi connectivity index (χ1v) is 23.9. The Labute approximate surface area is 410 Å². The van der Waals surface area contributed by atoms with E-state index in [9.17, 15) is 42.3 Å². The Bertz CT molecular complexity index is 2630. The van der Waals surface area contributed by atoms with Gasteiger partial charge in [-0.05, 0) is 80.5 Å². The van der Waals surface area contributed by atoms with Gasteiger partial charge >= 0.3 is 18.2 Å². The zero-order valence-corrected chi connectivity index (χ0v) is 41.3. The van der Waals surface area contributed by atoms with Gasteiger partial charge in [0.05, 0.1) is 49.4 Å². The Hall–Kier alpha value is -6.32. The van der Waals surface area contributed by atoms with Crippen LogP contribution in [0.4, 0.5) is 18.0 Å². The molecule has 6 heterocycles. The molecular formula is C50H64F3N9O9. The normalized spacial score (nSPS) is 20.6. The standard InChI is InChI=1S/C50H64F3N9O9/c1-9-41(64)60(20-21-63)32-16-19-59(26-32)48(68)58(7)43(29(2)3)45(65)56-37-23-40-55-25-39(71-40)31-14-15-38-34(22-31)35(24-49(5,6)28-70-47(67)36-13-11-18-62(57-36)46(37)66)44(61(38)27-50(51,52)53)33-12-10-17-54-42(33)30(4)69-8/h9-10,12,14-15,17,22,25,29-30,32,36-37,43,57,63H,1,11,13,16,18-21,23-24,26-28H2,2-8H3,(H,56,65)/t30-,32-,36-,37-,43-/m0/s1. The van der Waals surface area contributed by atoms with E-state index >= 15 is 0 Å². The number of oxazole rings is 1. The molecule has 0 radical (unpaired) electrons. The number of urea groups is 1. The molecule has 3 N–H and O–H groups in total. The summed E-state index contributed by atoms with van der Waals surface area (Å²) < 4.78 is 63.1. The Morgan fingerprint density at radius 2 is 1.89 bits per heavy atom. The summed E-state index contributed by atoms with van der Waals surface area (Å²) in [5.74, 6) is -2.42. The van der Waals surface area contributed by atoms with E-state index in [1.807, 2.05) is 13.8 Å². The number of halogens is 3. The summed E-state index contributed by atoms with van der Waals surface area (Å²) in [5.41, 5.74) is 4.65. The van der Waals surface area contributed by atoms with Crippen molar-refractivity contribution in [2.24, 2.45) is 11.3 Å². The minimum atomic E-state index is -4.62. The summed E-state index contributed by atoms with van der Waals surface area (Å²) in [6.45, 7) is 11.6. The predicted octanol–water partition coefficient (Wildman–Crippen LogP) is 5.43. The number of nitrogens with one attached hydrogen (secondary N) is 2. The molecule has 3 aliphatic rings. The summed E-state index contributed by atoms with van der Waals surface area (Å²) in [4.78, 5) is 83.0. The number of nitrogens with zero attached hydrogens (tertiary/aromatic N) is 7. The second-order valence-electron chi connectivity index (χ2n) is 19.7. The van der Waals surface area contributed by atoms with E-state index in [0.717, 1.165) is 6.08 Å². The fourth-order valence-corrected chi connectivity index (χ4v) is 9.97. The first kappa shape index (κ1) is 52.5. The number of amides is 5. The second kappa shape index (κ2) is 21.6. The molecule has 3 aliphatic heterocycles. The van der Waals surface area contributed by atoms with Crippen LogP contribution < -0.4 is 10.7 Å². The lowest BCUT2D eigenvalue weighted by Gasteiger charge is -2.37. The number of hydrogen-bond donors (Lipinski definition) is 3. The Balaban J connectivity index is 1.27. The number of benzene rings is 1. The number of alkyl halides is 3. The molecule has 0 spiro atoms. The Morgan fingerprint density at radius 3 is 2.58 bits per heavy atom. The minimum absolute atomic E-state index is 0.0493. The molecule has 7 rings (SSSR count). The highest BCUT2D eigenvalue weighted by Gasteiger charge is 2.41. The topological polar surface area (TPSA) is 205 Å². The number of likely N-dealkylation sites (N-methyl/N-ethyl adjacent to an activating group) is 1. The quantitative estimate of drug-likeness (QED) is 0.120. The van der Waals surface area contributed by atoms with E-state index in [2.05, 4.69) is 27.3 Å². The first-order valence-electron chi connectivity index (χ1n) is 23.9. The van der Waals surface area contributed by atoms with Crippen LogP contribution in [0.3, 0.4) is 0 Å². The van der Waals surface area contributed by atoms with Crippen molar-refractivity contribution in [2.45, 2.75) is 110 Å².